The highest BCUT2D eigenvalue weighted by Gasteiger charge is 2.29. The van der Waals surface area contributed by atoms with Gasteiger partial charge in [0.1, 0.15) is 0 Å². The van der Waals surface area contributed by atoms with Crippen molar-refractivity contribution in [3.8, 4) is 0 Å². The third-order valence-corrected chi connectivity index (χ3v) is 3.42. The van der Waals surface area contributed by atoms with Crippen LogP contribution in [0.3, 0.4) is 0 Å². The molecule has 0 bridgehead atoms. The van der Waals surface area contributed by atoms with Crippen molar-refractivity contribution >= 4 is 11.9 Å². The van der Waals surface area contributed by atoms with E-state index < -0.39 is 5.97 Å². The molecule has 1 aliphatic rings. The molecule has 0 aromatic carbocycles. The van der Waals surface area contributed by atoms with Crippen LogP contribution < -0.4 is 5.32 Å². The van der Waals surface area contributed by atoms with Crippen LogP contribution in [0, 0.1) is 11.8 Å². The number of amides is 1. The standard InChI is InChI=1S/C13H23NO4/c1-2-18-9-3-8-14-12(15)10-4-6-11(7-5-10)13(16)17/h10-11H,2-9H2,1H3,(H,14,15)(H,16,17). The minimum Gasteiger partial charge on any atom is -0.481 e. The number of carboxylic acid groups (broad SMARTS) is 1. The summed E-state index contributed by atoms with van der Waals surface area (Å²) in [4.78, 5) is 22.6. The lowest BCUT2D eigenvalue weighted by molar-refractivity contribution is -0.144. The summed E-state index contributed by atoms with van der Waals surface area (Å²) >= 11 is 0. The Bertz CT molecular complexity index is 272. The second-order valence-electron chi connectivity index (χ2n) is 4.73. The van der Waals surface area contributed by atoms with E-state index in [2.05, 4.69) is 5.32 Å². The first-order chi connectivity index (χ1) is 8.65. The Balaban J connectivity index is 2.14. The van der Waals surface area contributed by atoms with Gasteiger partial charge in [-0.2, -0.15) is 0 Å². The van der Waals surface area contributed by atoms with Gasteiger partial charge in [-0.15, -0.1) is 0 Å². The summed E-state index contributed by atoms with van der Waals surface area (Å²) in [6, 6.07) is 0. The van der Waals surface area contributed by atoms with Crippen LogP contribution in [0.15, 0.2) is 0 Å². The number of ether oxygens (including phenoxy) is 1. The van der Waals surface area contributed by atoms with E-state index in [1.165, 1.54) is 0 Å². The fourth-order valence-corrected chi connectivity index (χ4v) is 2.28. The van der Waals surface area contributed by atoms with Crippen LogP contribution in [0.2, 0.25) is 0 Å². The number of carboxylic acids is 1. The van der Waals surface area contributed by atoms with Gasteiger partial charge in [-0.1, -0.05) is 0 Å². The average Bonchev–Trinajstić information content (AvgIpc) is 2.38. The first kappa shape index (κ1) is 15.0. The molecule has 0 atom stereocenters. The molecular weight excluding hydrogens is 234 g/mol. The lowest BCUT2D eigenvalue weighted by atomic mass is 9.81. The molecule has 0 aromatic rings. The molecule has 1 saturated carbocycles. The van der Waals surface area contributed by atoms with E-state index in [1.54, 1.807) is 0 Å². The zero-order chi connectivity index (χ0) is 13.4. The monoisotopic (exact) mass is 257 g/mol. The molecular formula is C13H23NO4. The number of carbonyl (C=O) groups is 2. The summed E-state index contributed by atoms with van der Waals surface area (Å²) < 4.78 is 5.18. The van der Waals surface area contributed by atoms with E-state index in [4.69, 9.17) is 9.84 Å². The molecule has 1 fully saturated rings. The van der Waals surface area contributed by atoms with Crippen LogP contribution >= 0.6 is 0 Å². The van der Waals surface area contributed by atoms with Crippen LogP contribution in [-0.4, -0.2) is 36.7 Å². The number of hydrogen-bond donors (Lipinski definition) is 2. The zero-order valence-electron chi connectivity index (χ0n) is 11.0. The second kappa shape index (κ2) is 8.08. The van der Waals surface area contributed by atoms with E-state index >= 15 is 0 Å². The van der Waals surface area contributed by atoms with Gasteiger partial charge in [-0.3, -0.25) is 9.59 Å². The quantitative estimate of drug-likeness (QED) is 0.676. The molecule has 18 heavy (non-hydrogen) atoms. The van der Waals surface area contributed by atoms with Crippen LogP contribution in [0.25, 0.3) is 0 Å². The van der Waals surface area contributed by atoms with Crippen molar-refractivity contribution in [1.29, 1.82) is 0 Å². The van der Waals surface area contributed by atoms with Crippen molar-refractivity contribution in [2.75, 3.05) is 19.8 Å². The first-order valence-corrected chi connectivity index (χ1v) is 6.73. The molecule has 5 heteroatoms. The first-order valence-electron chi connectivity index (χ1n) is 6.73. The van der Waals surface area contributed by atoms with Crippen LogP contribution in [0.1, 0.15) is 39.0 Å². The molecule has 1 rings (SSSR count). The molecule has 0 heterocycles. The summed E-state index contributed by atoms with van der Waals surface area (Å²) in [7, 11) is 0. The number of rotatable bonds is 7. The molecule has 5 nitrogen and oxygen atoms in total. The van der Waals surface area contributed by atoms with E-state index in [9.17, 15) is 9.59 Å². The number of hydrogen-bond acceptors (Lipinski definition) is 3. The highest BCUT2D eigenvalue weighted by molar-refractivity contribution is 5.79. The molecule has 0 spiro atoms. The Hall–Kier alpha value is -1.10. The smallest absolute Gasteiger partial charge is 0.306 e. The summed E-state index contributed by atoms with van der Waals surface area (Å²) in [6.45, 7) is 3.95. The van der Waals surface area contributed by atoms with E-state index in [-0.39, 0.29) is 17.7 Å². The van der Waals surface area contributed by atoms with Gasteiger partial charge in [-0.25, -0.2) is 0 Å². The fourth-order valence-electron chi connectivity index (χ4n) is 2.28. The third-order valence-electron chi connectivity index (χ3n) is 3.42. The maximum Gasteiger partial charge on any atom is 0.306 e. The predicted molar refractivity (Wildman–Crippen MR) is 67.2 cm³/mol. The van der Waals surface area contributed by atoms with E-state index in [0.717, 1.165) is 6.42 Å². The van der Waals surface area contributed by atoms with Crippen molar-refractivity contribution in [2.24, 2.45) is 11.8 Å². The summed E-state index contributed by atoms with van der Waals surface area (Å²) in [5.74, 6) is -0.930. The summed E-state index contributed by atoms with van der Waals surface area (Å²) in [5.41, 5.74) is 0. The van der Waals surface area contributed by atoms with Gasteiger partial charge in [0, 0.05) is 25.7 Å². The maximum atomic E-state index is 11.8. The Morgan fingerprint density at radius 3 is 2.39 bits per heavy atom. The van der Waals surface area contributed by atoms with Gasteiger partial charge in [0.25, 0.3) is 0 Å². The average molecular weight is 257 g/mol. The minimum atomic E-state index is -0.731. The largest absolute Gasteiger partial charge is 0.481 e. The van der Waals surface area contributed by atoms with Crippen molar-refractivity contribution in [3.05, 3.63) is 0 Å². The molecule has 0 unspecified atom stereocenters. The highest BCUT2D eigenvalue weighted by atomic mass is 16.5. The zero-order valence-corrected chi connectivity index (χ0v) is 11.0. The normalized spacial score (nSPS) is 23.6. The lowest BCUT2D eigenvalue weighted by Gasteiger charge is -2.25. The maximum absolute atomic E-state index is 11.8. The SMILES string of the molecule is CCOCCCNC(=O)C1CCC(C(=O)O)CC1. The molecule has 2 N–H and O–H groups in total. The van der Waals surface area contributed by atoms with Gasteiger partial charge in [0.05, 0.1) is 5.92 Å². The van der Waals surface area contributed by atoms with Crippen LogP contribution in [-0.2, 0) is 14.3 Å². The van der Waals surface area contributed by atoms with Crippen molar-refractivity contribution in [1.82, 2.24) is 5.32 Å². The van der Waals surface area contributed by atoms with Gasteiger partial charge in [-0.05, 0) is 39.0 Å². The fraction of sp³-hybridized carbons (Fsp3) is 0.846. The van der Waals surface area contributed by atoms with Gasteiger partial charge in [0.15, 0.2) is 0 Å². The molecule has 0 saturated heterocycles. The highest BCUT2D eigenvalue weighted by Crippen LogP contribution is 2.28. The van der Waals surface area contributed by atoms with Gasteiger partial charge in [0.2, 0.25) is 5.91 Å². The van der Waals surface area contributed by atoms with E-state index in [0.29, 0.717) is 45.4 Å². The Kier molecular flexibility index (Phi) is 6.72. The minimum absolute atomic E-state index is 0.00677. The third kappa shape index (κ3) is 5.04. The molecule has 104 valence electrons. The molecule has 0 aromatic heterocycles. The van der Waals surface area contributed by atoms with Crippen LogP contribution in [0.5, 0.6) is 0 Å². The molecule has 0 aliphatic heterocycles. The lowest BCUT2D eigenvalue weighted by Crippen LogP contribution is -2.35. The molecule has 1 amide bonds. The number of aliphatic carboxylic acids is 1. The molecule has 1 aliphatic carbocycles. The number of carbonyl (C=O) groups excluding carboxylic acids is 1. The van der Waals surface area contributed by atoms with Gasteiger partial charge < -0.3 is 15.2 Å². The van der Waals surface area contributed by atoms with Gasteiger partial charge >= 0.3 is 5.97 Å². The Labute approximate surface area is 108 Å². The van der Waals surface area contributed by atoms with Crippen molar-refractivity contribution < 1.29 is 19.4 Å². The Morgan fingerprint density at radius 1 is 1.22 bits per heavy atom. The second-order valence-corrected chi connectivity index (χ2v) is 4.73. The summed E-state index contributed by atoms with van der Waals surface area (Å²) in [5, 5.41) is 11.8. The number of nitrogens with one attached hydrogen (secondary N) is 1. The van der Waals surface area contributed by atoms with Crippen molar-refractivity contribution in [2.45, 2.75) is 39.0 Å². The molecule has 0 radical (unpaired) electrons. The topological polar surface area (TPSA) is 75.6 Å². The predicted octanol–water partition coefficient (Wildman–Crippen LogP) is 1.42. The van der Waals surface area contributed by atoms with Crippen LogP contribution in [0.4, 0.5) is 0 Å². The Morgan fingerprint density at radius 2 is 1.83 bits per heavy atom. The summed E-state index contributed by atoms with van der Waals surface area (Å²) in [6.07, 6.45) is 3.44. The van der Waals surface area contributed by atoms with Crippen molar-refractivity contribution in [3.63, 3.8) is 0 Å². The van der Waals surface area contributed by atoms with E-state index in [1.807, 2.05) is 6.92 Å².